The molecule has 1 nitrogen and oxygen atoms in total. The topological polar surface area (TPSA) is 12.0 Å². The van der Waals surface area contributed by atoms with E-state index in [-0.39, 0.29) is 0 Å². The van der Waals surface area contributed by atoms with E-state index in [1.165, 1.54) is 11.0 Å². The molecule has 1 N–H and O–H groups in total. The summed E-state index contributed by atoms with van der Waals surface area (Å²) in [6, 6.07) is 0. The van der Waals surface area contributed by atoms with E-state index in [1.807, 2.05) is 7.05 Å². The van der Waals surface area contributed by atoms with Crippen LogP contribution in [0.25, 0.3) is 0 Å². The Bertz CT molecular complexity index is 56.0. The van der Waals surface area contributed by atoms with Crippen LogP contribution >= 0.6 is 0 Å². The molecule has 2 heteroatoms. The number of nitrogens with one attached hydrogen (secondary N) is 1. The molecule has 0 aromatic carbocycles. The van der Waals surface area contributed by atoms with Crippen LogP contribution in [0.3, 0.4) is 0 Å². The van der Waals surface area contributed by atoms with Crippen LogP contribution in [0.2, 0.25) is 19.3 Å². The van der Waals surface area contributed by atoms with Crippen molar-refractivity contribution >= 4 is 18.4 Å². The Morgan fingerprint density at radius 1 is 1.25 bits per heavy atom. The molecule has 0 aliphatic rings. The van der Waals surface area contributed by atoms with Gasteiger partial charge < -0.3 is 0 Å². The molecule has 0 saturated heterocycles. The van der Waals surface area contributed by atoms with Gasteiger partial charge in [0.05, 0.1) is 0 Å². The summed E-state index contributed by atoms with van der Waals surface area (Å²) < 4.78 is 1.46. The first-order valence-corrected chi connectivity index (χ1v) is 13.8. The van der Waals surface area contributed by atoms with Crippen molar-refractivity contribution in [2.75, 3.05) is 13.6 Å². The van der Waals surface area contributed by atoms with Crippen molar-refractivity contribution in [2.45, 2.75) is 19.3 Å². The zero-order valence-electron chi connectivity index (χ0n) is 6.41. The van der Waals surface area contributed by atoms with Crippen molar-refractivity contribution in [3.05, 3.63) is 0 Å². The van der Waals surface area contributed by atoms with Gasteiger partial charge in [-0.25, -0.2) is 0 Å². The summed E-state index contributed by atoms with van der Waals surface area (Å²) in [4.78, 5) is 7.39. The molecule has 0 radical (unpaired) electrons. The summed E-state index contributed by atoms with van der Waals surface area (Å²) in [5, 5.41) is 3.18. The summed E-state index contributed by atoms with van der Waals surface area (Å²) in [6.07, 6.45) is 0. The SMILES string of the molecule is CNC[CH2][Sn]([CH3])([CH3])[CH3]. The van der Waals surface area contributed by atoms with Crippen molar-refractivity contribution in [3.63, 3.8) is 0 Å². The van der Waals surface area contributed by atoms with E-state index in [2.05, 4.69) is 20.1 Å². The molecule has 0 unspecified atom stereocenters. The Hall–Kier alpha value is 0.759. The van der Waals surface area contributed by atoms with Gasteiger partial charge in [-0.2, -0.15) is 0 Å². The van der Waals surface area contributed by atoms with Gasteiger partial charge in [0.25, 0.3) is 0 Å². The first-order chi connectivity index (χ1) is 3.56. The number of hydrogen-bond donors (Lipinski definition) is 1. The molecule has 0 fully saturated rings. The molecule has 0 rings (SSSR count). The van der Waals surface area contributed by atoms with Crippen molar-refractivity contribution in [3.8, 4) is 0 Å². The molecule has 0 aromatic heterocycles. The molecular weight excluding hydrogens is 205 g/mol. The maximum absolute atomic E-state index is 3.18. The van der Waals surface area contributed by atoms with E-state index in [9.17, 15) is 0 Å². The van der Waals surface area contributed by atoms with E-state index in [0.29, 0.717) is 0 Å². The fourth-order valence-electron chi connectivity index (χ4n) is 0.500. The average Bonchev–Trinajstić information content (AvgIpc) is 1.59. The Labute approximate surface area is 56.7 Å². The van der Waals surface area contributed by atoms with Gasteiger partial charge in [0, 0.05) is 0 Å². The summed E-state index contributed by atoms with van der Waals surface area (Å²) in [5.41, 5.74) is 0. The van der Waals surface area contributed by atoms with Crippen molar-refractivity contribution in [1.82, 2.24) is 5.32 Å². The number of hydrogen-bond acceptors (Lipinski definition) is 1. The van der Waals surface area contributed by atoms with Crippen LogP contribution in [-0.4, -0.2) is 32.0 Å². The zero-order valence-corrected chi connectivity index (χ0v) is 9.27. The first kappa shape index (κ1) is 8.76. The van der Waals surface area contributed by atoms with Crippen LogP contribution < -0.4 is 5.32 Å². The molecule has 0 saturated carbocycles. The van der Waals surface area contributed by atoms with Gasteiger partial charge in [0.1, 0.15) is 0 Å². The Morgan fingerprint density at radius 3 is 1.88 bits per heavy atom. The Balaban J connectivity index is 3.11. The van der Waals surface area contributed by atoms with E-state index in [1.54, 1.807) is 0 Å². The second kappa shape index (κ2) is 3.72. The maximum atomic E-state index is 3.18. The summed E-state index contributed by atoms with van der Waals surface area (Å²) >= 11 is -1.37. The van der Waals surface area contributed by atoms with E-state index < -0.39 is 18.4 Å². The Kier molecular flexibility index (Phi) is 4.07. The van der Waals surface area contributed by atoms with Gasteiger partial charge in [-0.3, -0.25) is 0 Å². The fraction of sp³-hybridized carbons (Fsp3) is 1.00. The minimum absolute atomic E-state index is 1.22. The molecule has 50 valence electrons. The van der Waals surface area contributed by atoms with Crippen molar-refractivity contribution in [2.24, 2.45) is 0 Å². The van der Waals surface area contributed by atoms with Crippen LogP contribution in [0.5, 0.6) is 0 Å². The third kappa shape index (κ3) is 6.76. The molecule has 0 atom stereocenters. The zero-order chi connectivity index (χ0) is 6.62. The van der Waals surface area contributed by atoms with Gasteiger partial charge >= 0.3 is 56.5 Å². The van der Waals surface area contributed by atoms with Gasteiger partial charge in [0.15, 0.2) is 0 Å². The van der Waals surface area contributed by atoms with Crippen molar-refractivity contribution in [1.29, 1.82) is 0 Å². The van der Waals surface area contributed by atoms with Crippen LogP contribution in [0, 0.1) is 0 Å². The van der Waals surface area contributed by atoms with Gasteiger partial charge in [-0.1, -0.05) is 0 Å². The first-order valence-electron chi connectivity index (χ1n) is 3.21. The molecule has 0 aliphatic carbocycles. The molecule has 0 heterocycles. The molecule has 8 heavy (non-hydrogen) atoms. The third-order valence-corrected chi connectivity index (χ3v) is 6.12. The molecule has 0 spiro atoms. The molecule has 0 amide bonds. The van der Waals surface area contributed by atoms with Gasteiger partial charge in [-0.15, -0.1) is 0 Å². The number of rotatable bonds is 3. The second-order valence-corrected chi connectivity index (χ2v) is 19.5. The quantitative estimate of drug-likeness (QED) is 0.714. The predicted molar refractivity (Wildman–Crippen MR) is 42.1 cm³/mol. The normalized spacial score (nSPS) is 12.0. The minimum atomic E-state index is -1.37. The average molecular weight is 222 g/mol. The fourth-order valence-corrected chi connectivity index (χ4v) is 3.35. The molecule has 0 aromatic rings. The second-order valence-electron chi connectivity index (χ2n) is 3.41. The summed E-state index contributed by atoms with van der Waals surface area (Å²) in [5.74, 6) is 0. The Morgan fingerprint density at radius 2 is 1.75 bits per heavy atom. The van der Waals surface area contributed by atoms with Crippen LogP contribution in [0.15, 0.2) is 0 Å². The van der Waals surface area contributed by atoms with Crippen LogP contribution in [-0.2, 0) is 0 Å². The standard InChI is InChI=1S/C3H8N.3CH3.Sn/c1-3-4-2;;;;/h4H,1,3H2,2H3;3*1H3;. The predicted octanol–water partition coefficient (Wildman–Crippen LogP) is 1.54. The van der Waals surface area contributed by atoms with Crippen molar-refractivity contribution < 1.29 is 0 Å². The summed E-state index contributed by atoms with van der Waals surface area (Å²) in [6.45, 7) is 1.22. The van der Waals surface area contributed by atoms with Gasteiger partial charge in [0.2, 0.25) is 0 Å². The molecule has 0 bridgehead atoms. The third-order valence-electron chi connectivity index (χ3n) is 1.12. The molecular formula is C6H17NSn. The van der Waals surface area contributed by atoms with E-state index in [4.69, 9.17) is 0 Å². The van der Waals surface area contributed by atoms with E-state index in [0.717, 1.165) is 0 Å². The summed E-state index contributed by atoms with van der Waals surface area (Å²) in [7, 11) is 2.03. The van der Waals surface area contributed by atoms with E-state index >= 15 is 0 Å². The van der Waals surface area contributed by atoms with Crippen LogP contribution in [0.4, 0.5) is 0 Å². The van der Waals surface area contributed by atoms with Crippen LogP contribution in [0.1, 0.15) is 0 Å². The monoisotopic (exact) mass is 223 g/mol. The van der Waals surface area contributed by atoms with Gasteiger partial charge in [-0.05, 0) is 0 Å². The molecule has 0 aliphatic heterocycles.